The van der Waals surface area contributed by atoms with E-state index in [-0.39, 0.29) is 22.4 Å². The second kappa shape index (κ2) is 3.23. The molecule has 4 nitrogen and oxygen atoms in total. The minimum absolute atomic E-state index is 0.0716. The Hall–Kier alpha value is -1.56. The van der Waals surface area contributed by atoms with E-state index in [1.807, 2.05) is 0 Å². The maximum Gasteiger partial charge on any atom is 0.374 e. The molecule has 2 aromatic rings. The Bertz CT molecular complexity index is 564. The molecule has 0 radical (unpaired) electrons. The van der Waals surface area contributed by atoms with Crippen molar-refractivity contribution >= 4 is 38.6 Å². The zero-order valence-electron chi connectivity index (χ0n) is 7.25. The molecule has 0 saturated carbocycles. The van der Waals surface area contributed by atoms with Crippen LogP contribution in [0.1, 0.15) is 10.6 Å². The Morgan fingerprint density at radius 1 is 1.53 bits per heavy atom. The molecule has 0 fully saturated rings. The second-order valence-electron chi connectivity index (χ2n) is 2.91. The van der Waals surface area contributed by atoms with Gasteiger partial charge in [0.25, 0.3) is 0 Å². The molecule has 6 heteroatoms. The smallest absolute Gasteiger partial charge is 0.374 e. The Kier molecular flexibility index (Phi) is 2.15. The Morgan fingerprint density at radius 3 is 2.80 bits per heavy atom. The van der Waals surface area contributed by atoms with Gasteiger partial charge in [0.15, 0.2) is 5.58 Å². The molecular weight excluding hydrogens is 269 g/mol. The van der Waals surface area contributed by atoms with Crippen molar-refractivity contribution in [2.75, 3.05) is 5.73 Å². The van der Waals surface area contributed by atoms with Gasteiger partial charge in [-0.3, -0.25) is 0 Å². The first-order valence-electron chi connectivity index (χ1n) is 3.91. The molecule has 0 aliphatic heterocycles. The SMILES string of the molecule is Nc1c(C(=O)O)oc2c(Br)cc(F)cc12. The van der Waals surface area contributed by atoms with Crippen molar-refractivity contribution in [2.45, 2.75) is 0 Å². The molecule has 1 aromatic carbocycles. The molecule has 0 bridgehead atoms. The number of nitrogens with two attached hydrogens (primary N) is 1. The van der Waals surface area contributed by atoms with Gasteiger partial charge in [-0.1, -0.05) is 0 Å². The monoisotopic (exact) mass is 273 g/mol. The molecular formula is C9H5BrFNO3. The fourth-order valence-corrected chi connectivity index (χ4v) is 1.82. The van der Waals surface area contributed by atoms with Crippen LogP contribution in [-0.2, 0) is 0 Å². The van der Waals surface area contributed by atoms with Crippen LogP contribution in [0.5, 0.6) is 0 Å². The van der Waals surface area contributed by atoms with Crippen molar-refractivity contribution in [3.05, 3.63) is 28.2 Å². The topological polar surface area (TPSA) is 76.5 Å². The van der Waals surface area contributed by atoms with Crippen molar-refractivity contribution in [1.29, 1.82) is 0 Å². The van der Waals surface area contributed by atoms with Gasteiger partial charge in [-0.05, 0) is 28.1 Å². The summed E-state index contributed by atoms with van der Waals surface area (Å²) in [6.07, 6.45) is 0. The van der Waals surface area contributed by atoms with Crippen LogP contribution in [0.2, 0.25) is 0 Å². The number of anilines is 1. The van der Waals surface area contributed by atoms with Crippen molar-refractivity contribution in [3.63, 3.8) is 0 Å². The van der Waals surface area contributed by atoms with Gasteiger partial charge in [0.1, 0.15) is 5.82 Å². The molecule has 0 atom stereocenters. The zero-order chi connectivity index (χ0) is 11.2. The standard InChI is InChI=1S/C9H5BrFNO3/c10-5-2-3(11)1-4-6(12)8(9(13)14)15-7(4)5/h1-2H,12H2,(H,13,14). The van der Waals surface area contributed by atoms with Gasteiger partial charge >= 0.3 is 5.97 Å². The minimum Gasteiger partial charge on any atom is -0.475 e. The van der Waals surface area contributed by atoms with E-state index in [2.05, 4.69) is 15.9 Å². The van der Waals surface area contributed by atoms with Crippen LogP contribution in [0.25, 0.3) is 11.0 Å². The Morgan fingerprint density at radius 2 is 2.20 bits per heavy atom. The van der Waals surface area contributed by atoms with Crippen LogP contribution in [0.4, 0.5) is 10.1 Å². The first-order chi connectivity index (χ1) is 7.00. The molecule has 1 heterocycles. The number of aromatic carboxylic acids is 1. The summed E-state index contributed by atoms with van der Waals surface area (Å²) >= 11 is 3.06. The van der Waals surface area contributed by atoms with E-state index in [1.165, 1.54) is 6.07 Å². The first kappa shape index (κ1) is 9.97. The quantitative estimate of drug-likeness (QED) is 0.838. The normalized spacial score (nSPS) is 10.8. The number of hydrogen-bond acceptors (Lipinski definition) is 3. The van der Waals surface area contributed by atoms with Gasteiger partial charge in [0.05, 0.1) is 10.2 Å². The average molecular weight is 274 g/mol. The van der Waals surface area contributed by atoms with Crippen LogP contribution >= 0.6 is 15.9 Å². The summed E-state index contributed by atoms with van der Waals surface area (Å²) in [4.78, 5) is 10.7. The van der Waals surface area contributed by atoms with Crippen LogP contribution in [0.15, 0.2) is 21.0 Å². The van der Waals surface area contributed by atoms with E-state index >= 15 is 0 Å². The van der Waals surface area contributed by atoms with Crippen molar-refractivity contribution in [1.82, 2.24) is 0 Å². The van der Waals surface area contributed by atoms with Gasteiger partial charge in [-0.25, -0.2) is 9.18 Å². The van der Waals surface area contributed by atoms with Crippen LogP contribution in [-0.4, -0.2) is 11.1 Å². The van der Waals surface area contributed by atoms with Gasteiger partial charge in [-0.15, -0.1) is 0 Å². The number of carboxylic acids is 1. The highest BCUT2D eigenvalue weighted by atomic mass is 79.9. The molecule has 0 amide bonds. The molecule has 15 heavy (non-hydrogen) atoms. The molecule has 0 saturated heterocycles. The van der Waals surface area contributed by atoms with Crippen molar-refractivity contribution in [3.8, 4) is 0 Å². The van der Waals surface area contributed by atoms with E-state index in [9.17, 15) is 9.18 Å². The second-order valence-corrected chi connectivity index (χ2v) is 3.77. The molecule has 78 valence electrons. The molecule has 1 aromatic heterocycles. The van der Waals surface area contributed by atoms with Gasteiger partial charge in [-0.2, -0.15) is 0 Å². The highest BCUT2D eigenvalue weighted by Gasteiger charge is 2.19. The number of benzene rings is 1. The maximum atomic E-state index is 13.0. The summed E-state index contributed by atoms with van der Waals surface area (Å²) in [5.74, 6) is -2.17. The highest BCUT2D eigenvalue weighted by molar-refractivity contribution is 9.10. The zero-order valence-corrected chi connectivity index (χ0v) is 8.84. The third-order valence-corrected chi connectivity index (χ3v) is 2.53. The van der Waals surface area contributed by atoms with Crippen LogP contribution in [0, 0.1) is 5.82 Å². The summed E-state index contributed by atoms with van der Waals surface area (Å²) in [7, 11) is 0. The maximum absolute atomic E-state index is 13.0. The van der Waals surface area contributed by atoms with E-state index < -0.39 is 11.8 Å². The Labute approximate surface area is 91.6 Å². The number of rotatable bonds is 1. The van der Waals surface area contributed by atoms with Crippen LogP contribution in [0.3, 0.4) is 0 Å². The molecule has 3 N–H and O–H groups in total. The predicted molar refractivity (Wildman–Crippen MR) is 55.2 cm³/mol. The van der Waals surface area contributed by atoms with Gasteiger partial charge in [0, 0.05) is 5.39 Å². The largest absolute Gasteiger partial charge is 0.475 e. The fourth-order valence-electron chi connectivity index (χ4n) is 1.30. The number of halogens is 2. The number of hydrogen-bond donors (Lipinski definition) is 2. The summed E-state index contributed by atoms with van der Waals surface area (Å²) in [6, 6.07) is 2.31. The van der Waals surface area contributed by atoms with Crippen LogP contribution < -0.4 is 5.73 Å². The third-order valence-electron chi connectivity index (χ3n) is 1.94. The van der Waals surface area contributed by atoms with E-state index in [4.69, 9.17) is 15.3 Å². The first-order valence-corrected chi connectivity index (χ1v) is 4.70. The molecule has 0 aliphatic carbocycles. The highest BCUT2D eigenvalue weighted by Crippen LogP contribution is 2.34. The van der Waals surface area contributed by atoms with Crippen molar-refractivity contribution < 1.29 is 18.7 Å². The summed E-state index contributed by atoms with van der Waals surface area (Å²) in [5.41, 5.74) is 5.67. The molecule has 0 spiro atoms. The van der Waals surface area contributed by atoms with Gasteiger partial charge < -0.3 is 15.3 Å². The lowest BCUT2D eigenvalue weighted by atomic mass is 10.2. The lowest BCUT2D eigenvalue weighted by molar-refractivity contribution is 0.0666. The number of fused-ring (bicyclic) bond motifs is 1. The predicted octanol–water partition coefficient (Wildman–Crippen LogP) is 2.61. The minimum atomic E-state index is -1.28. The Balaban J connectivity index is 2.88. The molecule has 2 rings (SSSR count). The van der Waals surface area contributed by atoms with Crippen molar-refractivity contribution in [2.24, 2.45) is 0 Å². The molecule has 0 unspecified atom stereocenters. The van der Waals surface area contributed by atoms with Gasteiger partial charge in [0.2, 0.25) is 5.76 Å². The number of carboxylic acid groups (broad SMARTS) is 1. The summed E-state index contributed by atoms with van der Waals surface area (Å²) in [5, 5.41) is 8.99. The number of carbonyl (C=O) groups is 1. The number of nitrogen functional groups attached to an aromatic ring is 1. The van der Waals surface area contributed by atoms with E-state index in [0.29, 0.717) is 4.47 Å². The number of furan rings is 1. The third kappa shape index (κ3) is 1.46. The lowest BCUT2D eigenvalue weighted by Crippen LogP contribution is -1.98. The summed E-state index contributed by atoms with van der Waals surface area (Å²) in [6.45, 7) is 0. The fraction of sp³-hybridized carbons (Fsp3) is 0. The lowest BCUT2D eigenvalue weighted by Gasteiger charge is -1.93. The van der Waals surface area contributed by atoms with E-state index in [0.717, 1.165) is 6.07 Å². The summed E-state index contributed by atoms with van der Waals surface area (Å²) < 4.78 is 18.4. The molecule has 0 aliphatic rings. The average Bonchev–Trinajstić information content (AvgIpc) is 2.44. The van der Waals surface area contributed by atoms with E-state index in [1.54, 1.807) is 0 Å².